The maximum atomic E-state index is 11.8. The number of oxazole rings is 1. The van der Waals surface area contributed by atoms with Crippen LogP contribution in [0.25, 0.3) is 0 Å². The monoisotopic (exact) mass is 336 g/mol. The van der Waals surface area contributed by atoms with Gasteiger partial charge in [-0.2, -0.15) is 4.31 Å². The summed E-state index contributed by atoms with van der Waals surface area (Å²) in [6, 6.07) is 7.46. The van der Waals surface area contributed by atoms with Gasteiger partial charge in [0.05, 0.1) is 19.6 Å². The summed E-state index contributed by atoms with van der Waals surface area (Å²) in [5, 5.41) is 0. The van der Waals surface area contributed by atoms with Gasteiger partial charge in [0.25, 0.3) is 0 Å². The van der Waals surface area contributed by atoms with E-state index in [4.69, 9.17) is 9.15 Å². The Morgan fingerprint density at radius 3 is 2.74 bits per heavy atom. The molecular weight excluding hydrogens is 316 g/mol. The molecule has 7 heteroatoms. The molecule has 1 unspecified atom stereocenters. The number of methoxy groups -OCH3 is 1. The van der Waals surface area contributed by atoms with Crippen LogP contribution in [0.3, 0.4) is 0 Å². The number of hydrogen-bond acceptors (Lipinski definition) is 5. The van der Waals surface area contributed by atoms with Gasteiger partial charge in [-0.05, 0) is 30.5 Å². The molecule has 3 rings (SSSR count). The molecule has 2 heterocycles. The average molecular weight is 336 g/mol. The van der Waals surface area contributed by atoms with Crippen LogP contribution in [0.5, 0.6) is 5.75 Å². The van der Waals surface area contributed by atoms with Crippen molar-refractivity contribution >= 4 is 10.0 Å². The topological polar surface area (TPSA) is 72.6 Å². The van der Waals surface area contributed by atoms with E-state index in [0.29, 0.717) is 18.9 Å². The molecule has 1 aliphatic rings. The maximum Gasteiger partial charge on any atom is 0.212 e. The third-order valence-electron chi connectivity index (χ3n) is 4.02. The first-order valence-electron chi connectivity index (χ1n) is 7.52. The quantitative estimate of drug-likeness (QED) is 0.838. The largest absolute Gasteiger partial charge is 0.497 e. The molecule has 0 amide bonds. The molecule has 124 valence electrons. The second kappa shape index (κ2) is 6.33. The van der Waals surface area contributed by atoms with E-state index >= 15 is 0 Å². The van der Waals surface area contributed by atoms with Crippen molar-refractivity contribution in [2.75, 3.05) is 19.9 Å². The van der Waals surface area contributed by atoms with Crippen LogP contribution in [0.15, 0.2) is 34.9 Å². The van der Waals surface area contributed by atoms with Gasteiger partial charge in [-0.1, -0.05) is 12.1 Å². The highest BCUT2D eigenvalue weighted by Crippen LogP contribution is 2.33. The predicted molar refractivity (Wildman–Crippen MR) is 85.8 cm³/mol. The van der Waals surface area contributed by atoms with Crippen molar-refractivity contribution in [1.29, 1.82) is 0 Å². The molecular formula is C16H20N2O4S. The Bertz CT molecular complexity index is 768. The summed E-state index contributed by atoms with van der Waals surface area (Å²) in [4.78, 5) is 4.29. The molecule has 1 aromatic heterocycles. The number of nitrogens with zero attached hydrogens (tertiary/aromatic N) is 2. The molecule has 0 N–H and O–H groups in total. The third kappa shape index (κ3) is 3.56. The fourth-order valence-corrected chi connectivity index (χ4v) is 4.01. The Balaban J connectivity index is 1.75. The zero-order valence-corrected chi connectivity index (χ0v) is 14.0. The minimum Gasteiger partial charge on any atom is -0.497 e. The van der Waals surface area contributed by atoms with Crippen LogP contribution in [0.4, 0.5) is 0 Å². The van der Waals surface area contributed by atoms with Gasteiger partial charge < -0.3 is 9.15 Å². The first-order chi connectivity index (χ1) is 11.0. The Kier molecular flexibility index (Phi) is 4.41. The first-order valence-corrected chi connectivity index (χ1v) is 9.36. The Hall–Kier alpha value is -1.86. The summed E-state index contributed by atoms with van der Waals surface area (Å²) in [5.74, 6) is 2.02. The van der Waals surface area contributed by atoms with E-state index < -0.39 is 10.0 Å². The maximum absolute atomic E-state index is 11.8. The van der Waals surface area contributed by atoms with Crippen LogP contribution in [-0.2, 0) is 16.4 Å². The van der Waals surface area contributed by atoms with Gasteiger partial charge in [-0.3, -0.25) is 0 Å². The Morgan fingerprint density at radius 2 is 2.09 bits per heavy atom. The van der Waals surface area contributed by atoms with Crippen LogP contribution in [0.2, 0.25) is 0 Å². The predicted octanol–water partition coefficient (Wildman–Crippen LogP) is 2.37. The molecule has 1 aliphatic heterocycles. The van der Waals surface area contributed by atoms with E-state index in [1.54, 1.807) is 13.3 Å². The van der Waals surface area contributed by atoms with E-state index in [1.165, 1.54) is 10.6 Å². The second-order valence-electron chi connectivity index (χ2n) is 5.72. The summed E-state index contributed by atoms with van der Waals surface area (Å²) in [6.07, 6.45) is 5.09. The van der Waals surface area contributed by atoms with Crippen molar-refractivity contribution in [2.24, 2.45) is 0 Å². The van der Waals surface area contributed by atoms with E-state index in [-0.39, 0.29) is 6.04 Å². The van der Waals surface area contributed by atoms with Gasteiger partial charge >= 0.3 is 0 Å². The van der Waals surface area contributed by atoms with Gasteiger partial charge in [0.1, 0.15) is 17.6 Å². The van der Waals surface area contributed by atoms with Gasteiger partial charge in [0.2, 0.25) is 15.9 Å². The first kappa shape index (κ1) is 16.0. The van der Waals surface area contributed by atoms with E-state index in [0.717, 1.165) is 29.9 Å². The second-order valence-corrected chi connectivity index (χ2v) is 7.66. The summed E-state index contributed by atoms with van der Waals surface area (Å²) < 4.78 is 36.0. The highest BCUT2D eigenvalue weighted by atomic mass is 32.2. The molecule has 0 spiro atoms. The standard InChI is InChI=1S/C16H20N2O4S/c1-21-13-7-5-12(6-8-13)10-14-11-17-16(22-14)15-4-3-9-18(15)23(2,19)20/h5-8,11,15H,3-4,9-10H2,1-2H3. The lowest BCUT2D eigenvalue weighted by molar-refractivity contribution is 0.323. The number of ether oxygens (including phenoxy) is 1. The molecule has 0 saturated carbocycles. The molecule has 1 aromatic carbocycles. The molecule has 6 nitrogen and oxygen atoms in total. The van der Waals surface area contributed by atoms with E-state index in [1.807, 2.05) is 24.3 Å². The zero-order chi connectivity index (χ0) is 16.4. The minimum atomic E-state index is -3.24. The number of sulfonamides is 1. The van der Waals surface area contributed by atoms with Gasteiger partial charge in [0.15, 0.2) is 0 Å². The molecule has 1 atom stereocenters. The lowest BCUT2D eigenvalue weighted by atomic mass is 10.1. The van der Waals surface area contributed by atoms with Crippen LogP contribution in [0.1, 0.15) is 36.1 Å². The van der Waals surface area contributed by atoms with Crippen LogP contribution < -0.4 is 4.74 Å². The van der Waals surface area contributed by atoms with Crippen molar-refractivity contribution in [1.82, 2.24) is 9.29 Å². The SMILES string of the molecule is COc1ccc(Cc2cnc(C3CCCN3S(C)(=O)=O)o2)cc1. The summed E-state index contributed by atoms with van der Waals surface area (Å²) in [6.45, 7) is 0.527. The van der Waals surface area contributed by atoms with Crippen molar-refractivity contribution in [3.05, 3.63) is 47.7 Å². The Labute approximate surface area is 136 Å². The number of rotatable bonds is 5. The van der Waals surface area contributed by atoms with E-state index in [9.17, 15) is 8.42 Å². The summed E-state index contributed by atoms with van der Waals surface area (Å²) >= 11 is 0. The minimum absolute atomic E-state index is 0.283. The van der Waals surface area contributed by atoms with Crippen LogP contribution in [-0.4, -0.2) is 37.6 Å². The molecule has 0 aliphatic carbocycles. The lowest BCUT2D eigenvalue weighted by Crippen LogP contribution is -2.29. The normalized spacial score (nSPS) is 19.1. The number of benzene rings is 1. The van der Waals surface area contributed by atoms with Crippen LogP contribution in [0, 0.1) is 0 Å². The summed E-state index contributed by atoms with van der Waals surface area (Å²) in [5.41, 5.74) is 1.08. The van der Waals surface area contributed by atoms with Crippen molar-refractivity contribution in [2.45, 2.75) is 25.3 Å². The van der Waals surface area contributed by atoms with Crippen molar-refractivity contribution in [3.63, 3.8) is 0 Å². The van der Waals surface area contributed by atoms with Gasteiger partial charge in [-0.15, -0.1) is 0 Å². The molecule has 2 aromatic rings. The smallest absolute Gasteiger partial charge is 0.212 e. The fourth-order valence-electron chi connectivity index (χ4n) is 2.89. The van der Waals surface area contributed by atoms with Crippen molar-refractivity contribution in [3.8, 4) is 5.75 Å². The molecule has 23 heavy (non-hydrogen) atoms. The molecule has 1 fully saturated rings. The highest BCUT2D eigenvalue weighted by molar-refractivity contribution is 7.88. The van der Waals surface area contributed by atoms with Gasteiger partial charge in [0, 0.05) is 13.0 Å². The van der Waals surface area contributed by atoms with Gasteiger partial charge in [-0.25, -0.2) is 13.4 Å². The number of aromatic nitrogens is 1. The van der Waals surface area contributed by atoms with E-state index in [2.05, 4.69) is 4.98 Å². The Morgan fingerprint density at radius 1 is 1.35 bits per heavy atom. The fraction of sp³-hybridized carbons (Fsp3) is 0.438. The summed E-state index contributed by atoms with van der Waals surface area (Å²) in [7, 11) is -1.61. The average Bonchev–Trinajstić information content (AvgIpc) is 3.15. The third-order valence-corrected chi connectivity index (χ3v) is 5.31. The number of hydrogen-bond donors (Lipinski definition) is 0. The zero-order valence-electron chi connectivity index (χ0n) is 13.2. The van der Waals surface area contributed by atoms with Crippen molar-refractivity contribution < 1.29 is 17.6 Å². The lowest BCUT2D eigenvalue weighted by Gasteiger charge is -2.19. The highest BCUT2D eigenvalue weighted by Gasteiger charge is 2.35. The molecule has 0 bridgehead atoms. The molecule has 1 saturated heterocycles. The van der Waals surface area contributed by atoms with Crippen LogP contribution >= 0.6 is 0 Å². The molecule has 0 radical (unpaired) electrons.